The van der Waals surface area contributed by atoms with Crippen LogP contribution in [0.15, 0.2) is 30.9 Å². The number of nitrogens with one attached hydrogen (secondary N) is 1. The third-order valence-electron chi connectivity index (χ3n) is 5.91. The Hall–Kier alpha value is -3.27. The highest BCUT2D eigenvalue weighted by Crippen LogP contribution is 2.48. The molecular formula is C20H19ClFN7O2. The van der Waals surface area contributed by atoms with Crippen LogP contribution in [0.4, 0.5) is 10.2 Å². The van der Waals surface area contributed by atoms with Crippen molar-refractivity contribution in [3.63, 3.8) is 0 Å². The number of carbonyl (C=O) groups is 2. The number of amides is 2. The highest BCUT2D eigenvalue weighted by Gasteiger charge is 2.55. The van der Waals surface area contributed by atoms with Gasteiger partial charge < -0.3 is 20.5 Å². The lowest BCUT2D eigenvalue weighted by atomic mass is 10.1. The van der Waals surface area contributed by atoms with Crippen molar-refractivity contribution in [2.45, 2.75) is 38.0 Å². The number of piperidine rings is 1. The molecule has 0 spiro atoms. The summed E-state index contributed by atoms with van der Waals surface area (Å²) in [6.45, 7) is -0.00960. The summed E-state index contributed by atoms with van der Waals surface area (Å²) >= 11 is 5.80. The molecule has 1 aliphatic heterocycles. The Kier molecular flexibility index (Phi) is 4.73. The van der Waals surface area contributed by atoms with Crippen LogP contribution in [0, 0.1) is 11.7 Å². The van der Waals surface area contributed by atoms with Gasteiger partial charge in [-0.1, -0.05) is 23.7 Å². The first-order chi connectivity index (χ1) is 14.9. The highest BCUT2D eigenvalue weighted by atomic mass is 35.5. The number of fused-ring (bicyclic) bond motifs is 2. The first-order valence-electron chi connectivity index (χ1n) is 9.87. The normalized spacial score (nSPS) is 21.9. The fourth-order valence-corrected chi connectivity index (χ4v) is 4.47. The van der Waals surface area contributed by atoms with E-state index in [0.717, 1.165) is 6.42 Å². The number of hydrogen-bond donors (Lipinski definition) is 2. The Morgan fingerprint density at radius 2 is 2.10 bits per heavy atom. The monoisotopic (exact) mass is 443 g/mol. The standard InChI is InChI=1S/C20H19ClFN7O2/c21-12-3-1-2-10(16(12)22)6-24-20(31)14-5-11-4-13(11)29(14)15(30)7-28-9-27-17-18(23)25-8-26-19(17)28/h1-3,8-9,11,13-14H,4-7H2,(H,24,31)(H2,23,25,26). The zero-order valence-corrected chi connectivity index (χ0v) is 17.1. The van der Waals surface area contributed by atoms with Gasteiger partial charge in [0.25, 0.3) is 0 Å². The van der Waals surface area contributed by atoms with Crippen LogP contribution >= 0.6 is 11.6 Å². The minimum Gasteiger partial charge on any atom is -0.382 e. The van der Waals surface area contributed by atoms with Gasteiger partial charge in [0.05, 0.1) is 11.3 Å². The molecule has 3 N–H and O–H groups in total. The number of nitrogens with zero attached hydrogens (tertiary/aromatic N) is 5. The van der Waals surface area contributed by atoms with E-state index in [4.69, 9.17) is 17.3 Å². The van der Waals surface area contributed by atoms with Crippen molar-refractivity contribution in [1.29, 1.82) is 0 Å². The molecule has 0 radical (unpaired) electrons. The van der Waals surface area contributed by atoms with Gasteiger partial charge in [-0.25, -0.2) is 19.3 Å². The van der Waals surface area contributed by atoms with Gasteiger partial charge in [0.1, 0.15) is 30.2 Å². The van der Waals surface area contributed by atoms with E-state index in [2.05, 4.69) is 20.3 Å². The number of anilines is 1. The Labute approximate surface area is 181 Å². The molecule has 1 aliphatic carbocycles. The summed E-state index contributed by atoms with van der Waals surface area (Å²) in [5, 5.41) is 2.75. The minimum absolute atomic E-state index is 0.00143. The fourth-order valence-electron chi connectivity index (χ4n) is 4.28. The third kappa shape index (κ3) is 3.46. The molecule has 9 nitrogen and oxygen atoms in total. The number of imidazole rings is 1. The van der Waals surface area contributed by atoms with Gasteiger partial charge in [-0.2, -0.15) is 0 Å². The minimum atomic E-state index is -0.590. The largest absolute Gasteiger partial charge is 0.382 e. The fraction of sp³-hybridized carbons (Fsp3) is 0.350. The van der Waals surface area contributed by atoms with Crippen LogP contribution in [0.2, 0.25) is 5.02 Å². The lowest BCUT2D eigenvalue weighted by Gasteiger charge is -2.27. The van der Waals surface area contributed by atoms with Crippen molar-refractivity contribution in [3.05, 3.63) is 47.3 Å². The first-order valence-corrected chi connectivity index (χ1v) is 10.2. The number of rotatable bonds is 5. The SMILES string of the molecule is Nc1ncnc2c1ncn2CC(=O)N1C(C(=O)NCc2cccc(Cl)c2F)CC2CC21. The van der Waals surface area contributed by atoms with Crippen molar-refractivity contribution < 1.29 is 14.0 Å². The lowest BCUT2D eigenvalue weighted by Crippen LogP contribution is -2.48. The average Bonchev–Trinajstić information content (AvgIpc) is 3.21. The predicted octanol–water partition coefficient (Wildman–Crippen LogP) is 1.51. The number of aromatic nitrogens is 4. The van der Waals surface area contributed by atoms with Gasteiger partial charge in [-0.05, 0) is 24.8 Å². The van der Waals surface area contributed by atoms with E-state index in [1.165, 1.54) is 18.7 Å². The Morgan fingerprint density at radius 1 is 1.26 bits per heavy atom. The van der Waals surface area contributed by atoms with Crippen LogP contribution in [-0.4, -0.2) is 48.3 Å². The molecule has 3 aromatic rings. The Morgan fingerprint density at radius 3 is 2.94 bits per heavy atom. The second kappa shape index (κ2) is 7.45. The maximum atomic E-state index is 14.1. The van der Waals surface area contributed by atoms with Crippen molar-refractivity contribution in [2.75, 3.05) is 5.73 Å². The van der Waals surface area contributed by atoms with Crippen LogP contribution in [0.1, 0.15) is 18.4 Å². The molecular weight excluding hydrogens is 425 g/mol. The molecule has 2 fully saturated rings. The van der Waals surface area contributed by atoms with Crippen LogP contribution in [0.25, 0.3) is 11.2 Å². The second-order valence-electron chi connectivity index (χ2n) is 7.85. The van der Waals surface area contributed by atoms with Gasteiger partial charge in [0.2, 0.25) is 11.8 Å². The zero-order valence-electron chi connectivity index (χ0n) is 16.3. The molecule has 1 saturated heterocycles. The summed E-state index contributed by atoms with van der Waals surface area (Å²) in [7, 11) is 0. The molecule has 3 unspecified atom stereocenters. The predicted molar refractivity (Wildman–Crippen MR) is 110 cm³/mol. The van der Waals surface area contributed by atoms with E-state index in [9.17, 15) is 14.0 Å². The average molecular weight is 444 g/mol. The maximum Gasteiger partial charge on any atom is 0.243 e. The molecule has 0 bridgehead atoms. The van der Waals surface area contributed by atoms with Crippen LogP contribution in [0.5, 0.6) is 0 Å². The molecule has 11 heteroatoms. The number of nitrogen functional groups attached to an aromatic ring is 1. The summed E-state index contributed by atoms with van der Waals surface area (Å²) < 4.78 is 15.7. The van der Waals surface area contributed by atoms with E-state index in [0.29, 0.717) is 29.1 Å². The topological polar surface area (TPSA) is 119 Å². The van der Waals surface area contributed by atoms with Crippen molar-refractivity contribution in [1.82, 2.24) is 29.7 Å². The highest BCUT2D eigenvalue weighted by molar-refractivity contribution is 6.30. The van der Waals surface area contributed by atoms with E-state index >= 15 is 0 Å². The van der Waals surface area contributed by atoms with Gasteiger partial charge in [0, 0.05) is 18.2 Å². The molecule has 3 atom stereocenters. The van der Waals surface area contributed by atoms with E-state index in [-0.39, 0.29) is 41.8 Å². The molecule has 1 aromatic carbocycles. The molecule has 3 heterocycles. The molecule has 2 aliphatic rings. The van der Waals surface area contributed by atoms with Crippen molar-refractivity contribution in [3.8, 4) is 0 Å². The van der Waals surface area contributed by atoms with Gasteiger partial charge in [-0.3, -0.25) is 9.59 Å². The summed E-state index contributed by atoms with van der Waals surface area (Å²) in [5.41, 5.74) is 6.99. The number of carbonyl (C=O) groups excluding carboxylic acids is 2. The molecule has 2 aromatic heterocycles. The number of halogens is 2. The lowest BCUT2D eigenvalue weighted by molar-refractivity contribution is -0.140. The van der Waals surface area contributed by atoms with Crippen molar-refractivity contribution in [2.24, 2.45) is 5.92 Å². The summed E-state index contributed by atoms with van der Waals surface area (Å²) in [6, 6.07) is 4.10. The number of likely N-dealkylation sites (tertiary alicyclic amines) is 1. The second-order valence-corrected chi connectivity index (χ2v) is 8.26. The first kappa shape index (κ1) is 19.7. The third-order valence-corrected chi connectivity index (χ3v) is 6.21. The summed E-state index contributed by atoms with van der Waals surface area (Å²) in [5.74, 6) is -0.497. The van der Waals surface area contributed by atoms with Crippen LogP contribution < -0.4 is 11.1 Å². The number of benzene rings is 1. The Bertz CT molecular complexity index is 1200. The van der Waals surface area contributed by atoms with Gasteiger partial charge >= 0.3 is 0 Å². The van der Waals surface area contributed by atoms with Crippen LogP contribution in [0.3, 0.4) is 0 Å². The molecule has 1 saturated carbocycles. The van der Waals surface area contributed by atoms with Gasteiger partial charge in [-0.15, -0.1) is 0 Å². The molecule has 2 amide bonds. The van der Waals surface area contributed by atoms with Crippen LogP contribution in [-0.2, 0) is 22.7 Å². The molecule has 160 valence electrons. The van der Waals surface area contributed by atoms with Crippen molar-refractivity contribution >= 4 is 40.4 Å². The van der Waals surface area contributed by atoms with E-state index < -0.39 is 11.9 Å². The molecule has 31 heavy (non-hydrogen) atoms. The maximum absolute atomic E-state index is 14.1. The number of hydrogen-bond acceptors (Lipinski definition) is 6. The number of nitrogens with two attached hydrogens (primary N) is 1. The summed E-state index contributed by atoms with van der Waals surface area (Å²) in [4.78, 5) is 39.8. The summed E-state index contributed by atoms with van der Waals surface area (Å²) in [6.07, 6.45) is 4.29. The molecule has 5 rings (SSSR count). The van der Waals surface area contributed by atoms with E-state index in [1.807, 2.05) is 0 Å². The zero-order chi connectivity index (χ0) is 21.7. The Balaban J connectivity index is 1.30. The van der Waals surface area contributed by atoms with E-state index in [1.54, 1.807) is 21.6 Å². The van der Waals surface area contributed by atoms with Gasteiger partial charge in [0.15, 0.2) is 11.5 Å². The quantitative estimate of drug-likeness (QED) is 0.617. The smallest absolute Gasteiger partial charge is 0.243 e.